The Bertz CT molecular complexity index is 1530. The number of primary amides is 1. The number of carbonyl (C=O) groups is 11. The average Bonchev–Trinajstić information content (AvgIpc) is 3.63. The number of hydrogen-bond acceptors (Lipinski definition) is 13. The summed E-state index contributed by atoms with van der Waals surface area (Å²) < 4.78 is 0. The van der Waals surface area contributed by atoms with Crippen LogP contribution in [0.4, 0.5) is 0 Å². The van der Waals surface area contributed by atoms with Crippen molar-refractivity contribution in [2.24, 2.45) is 17.4 Å². The van der Waals surface area contributed by atoms with E-state index in [1.165, 1.54) is 0 Å². The lowest BCUT2D eigenvalue weighted by Crippen LogP contribution is -2.61. The number of rotatable bonds is 26. The zero-order valence-corrected chi connectivity index (χ0v) is 31.4. The number of hydrogen-bond donors (Lipinski definition) is 12. The monoisotopic (exact) mass is 816 g/mol. The fraction of sp³-hybridized carbons (Fsp3) is 0.667. The third kappa shape index (κ3) is 16.8. The lowest BCUT2D eigenvalue weighted by atomic mass is 9.96. The van der Waals surface area contributed by atoms with Crippen molar-refractivity contribution in [3.8, 4) is 0 Å². The molecule has 57 heavy (non-hydrogen) atoms. The number of likely N-dealkylation sites (tertiary alicyclic amines) is 1. The summed E-state index contributed by atoms with van der Waals surface area (Å²) in [6.45, 7) is 2.37. The molecule has 0 spiro atoms. The van der Waals surface area contributed by atoms with Crippen LogP contribution in [0.15, 0.2) is 0 Å². The molecule has 8 atom stereocenters. The smallest absolute Gasteiger partial charge is 0.328 e. The first-order chi connectivity index (χ1) is 26.6. The Morgan fingerprint density at radius 2 is 1.16 bits per heavy atom. The Labute approximate surface area is 325 Å². The van der Waals surface area contributed by atoms with E-state index in [4.69, 9.17) is 21.7 Å². The number of amides is 7. The first-order valence-electron chi connectivity index (χ1n) is 18.0. The van der Waals surface area contributed by atoms with Crippen molar-refractivity contribution < 1.29 is 78.3 Å². The number of aliphatic hydroxyl groups is 1. The minimum atomic E-state index is -1.83. The van der Waals surface area contributed by atoms with E-state index in [0.29, 0.717) is 6.42 Å². The van der Waals surface area contributed by atoms with E-state index in [1.807, 2.05) is 0 Å². The number of nitrogens with zero attached hydrogens (tertiary/aromatic N) is 1. The van der Waals surface area contributed by atoms with Gasteiger partial charge in [0, 0.05) is 25.8 Å². The van der Waals surface area contributed by atoms with Gasteiger partial charge in [0.1, 0.15) is 36.3 Å². The van der Waals surface area contributed by atoms with E-state index in [2.05, 4.69) is 26.6 Å². The Balaban J connectivity index is 3.35. The highest BCUT2D eigenvalue weighted by atomic mass is 16.4. The molecule has 0 aliphatic carbocycles. The molecular weight excluding hydrogens is 764 g/mol. The van der Waals surface area contributed by atoms with Crippen molar-refractivity contribution in [2.45, 2.75) is 120 Å². The summed E-state index contributed by atoms with van der Waals surface area (Å²) in [6, 6.07) is -10.9. The minimum absolute atomic E-state index is 0.0329. The second-order valence-corrected chi connectivity index (χ2v) is 13.4. The molecule has 1 aliphatic rings. The van der Waals surface area contributed by atoms with Crippen molar-refractivity contribution >= 4 is 65.2 Å². The molecule has 0 radical (unpaired) electrons. The molecule has 1 saturated heterocycles. The van der Waals surface area contributed by atoms with Crippen LogP contribution in [0.1, 0.15) is 78.1 Å². The summed E-state index contributed by atoms with van der Waals surface area (Å²) in [5, 5.41) is 57.1. The average molecular weight is 817 g/mol. The Kier molecular flexibility index (Phi) is 20.6. The van der Waals surface area contributed by atoms with Crippen LogP contribution in [0.3, 0.4) is 0 Å². The molecule has 1 heterocycles. The molecule has 0 aromatic rings. The van der Waals surface area contributed by atoms with Gasteiger partial charge in [-0.1, -0.05) is 20.3 Å². The second kappa shape index (κ2) is 23.9. The number of aliphatic carboxylic acids is 4. The van der Waals surface area contributed by atoms with Gasteiger partial charge < -0.3 is 68.5 Å². The van der Waals surface area contributed by atoms with Crippen molar-refractivity contribution in [3.63, 3.8) is 0 Å². The molecule has 1 fully saturated rings. The zero-order valence-electron chi connectivity index (χ0n) is 31.4. The summed E-state index contributed by atoms with van der Waals surface area (Å²) in [7, 11) is 0. The van der Waals surface area contributed by atoms with Crippen LogP contribution in [0.2, 0.25) is 0 Å². The highest BCUT2D eigenvalue weighted by molar-refractivity contribution is 5.98. The van der Waals surface area contributed by atoms with Crippen molar-refractivity contribution in [2.75, 3.05) is 13.2 Å². The Morgan fingerprint density at radius 1 is 0.684 bits per heavy atom. The summed E-state index contributed by atoms with van der Waals surface area (Å²) in [5.74, 6) is -13.5. The highest BCUT2D eigenvalue weighted by Gasteiger charge is 2.41. The maximum Gasteiger partial charge on any atom is 0.328 e. The number of nitrogens with two attached hydrogens (primary N) is 2. The first-order valence-corrected chi connectivity index (χ1v) is 18.0. The molecule has 7 amide bonds. The lowest BCUT2D eigenvalue weighted by Gasteiger charge is -2.32. The third-order valence-corrected chi connectivity index (χ3v) is 9.02. The maximum absolute atomic E-state index is 13.9. The molecule has 24 nitrogen and oxygen atoms in total. The van der Waals surface area contributed by atoms with E-state index >= 15 is 0 Å². The zero-order chi connectivity index (χ0) is 43.6. The normalized spacial score (nSPS) is 17.3. The summed E-state index contributed by atoms with van der Waals surface area (Å²) >= 11 is 0. The van der Waals surface area contributed by atoms with Crippen LogP contribution >= 0.6 is 0 Å². The lowest BCUT2D eigenvalue weighted by molar-refractivity contribution is -0.146. The standard InChI is InChI=1S/C33H52N8O16/c1-3-15(2)26(32(55)41-12-4-5-21(41)31(54)39-20(14-42)33(56)57)40-30(53)19(13-22(35)43)38-29(52)18(8-11-25(48)49)37-28(51)17(7-10-24(46)47)36-27(50)16(34)6-9-23(44)45/h15-21,26,42H,3-14,34H2,1-2H3,(H2,35,43)(H,36,50)(H,37,51)(H,38,52)(H,39,54)(H,40,53)(H,44,45)(H,46,47)(H,48,49)(H,56,57)/t15-,16-,17-,18-,19-,20-,21-,26-/m0/s1. The van der Waals surface area contributed by atoms with Crippen LogP contribution in [-0.2, 0) is 52.7 Å². The topological polar surface area (TPSA) is 404 Å². The van der Waals surface area contributed by atoms with Crippen LogP contribution in [0, 0.1) is 5.92 Å². The van der Waals surface area contributed by atoms with Gasteiger partial charge in [-0.25, -0.2) is 4.79 Å². The Hall–Kier alpha value is -5.91. The Morgan fingerprint density at radius 3 is 1.61 bits per heavy atom. The molecule has 1 aliphatic heterocycles. The van der Waals surface area contributed by atoms with Crippen LogP contribution in [-0.4, -0.2) is 151 Å². The molecule has 0 aromatic carbocycles. The molecule has 0 saturated carbocycles. The minimum Gasteiger partial charge on any atom is -0.481 e. The predicted molar refractivity (Wildman–Crippen MR) is 191 cm³/mol. The van der Waals surface area contributed by atoms with E-state index in [1.54, 1.807) is 13.8 Å². The molecule has 0 bridgehead atoms. The van der Waals surface area contributed by atoms with E-state index in [0.717, 1.165) is 4.90 Å². The number of nitrogens with one attached hydrogen (secondary N) is 5. The molecular formula is C33H52N8O16. The van der Waals surface area contributed by atoms with Gasteiger partial charge in [-0.15, -0.1) is 0 Å². The van der Waals surface area contributed by atoms with Crippen molar-refractivity contribution in [3.05, 3.63) is 0 Å². The van der Waals surface area contributed by atoms with Crippen molar-refractivity contribution in [1.29, 1.82) is 0 Å². The van der Waals surface area contributed by atoms with Gasteiger partial charge in [0.15, 0.2) is 0 Å². The van der Waals surface area contributed by atoms with E-state index in [-0.39, 0.29) is 25.8 Å². The summed E-state index contributed by atoms with van der Waals surface area (Å²) in [5.41, 5.74) is 11.0. The summed E-state index contributed by atoms with van der Waals surface area (Å²) in [4.78, 5) is 138. The largest absolute Gasteiger partial charge is 0.481 e. The van der Waals surface area contributed by atoms with Gasteiger partial charge in [-0.3, -0.25) is 47.9 Å². The van der Waals surface area contributed by atoms with Gasteiger partial charge in [-0.2, -0.15) is 0 Å². The maximum atomic E-state index is 13.9. The highest BCUT2D eigenvalue weighted by Crippen LogP contribution is 2.22. The summed E-state index contributed by atoms with van der Waals surface area (Å²) in [6.07, 6.45) is -3.59. The fourth-order valence-corrected chi connectivity index (χ4v) is 5.59. The SMILES string of the molecule is CC[C@H](C)[C@H](NC(=O)[C@H](CC(N)=O)NC(=O)[C@H](CCC(=O)O)NC(=O)[C@H](CCC(=O)O)NC(=O)[C@@H](N)CCC(=O)O)C(=O)N1CCC[C@H]1C(=O)N[C@@H](CO)C(=O)O. The quantitative estimate of drug-likeness (QED) is 0.0390. The first kappa shape index (κ1) is 49.1. The molecule has 320 valence electrons. The third-order valence-electron chi connectivity index (χ3n) is 9.02. The van der Waals surface area contributed by atoms with E-state index < -0.39 is 159 Å². The van der Waals surface area contributed by atoms with Gasteiger partial charge in [0.25, 0.3) is 0 Å². The number of carboxylic acids is 4. The fourth-order valence-electron chi connectivity index (χ4n) is 5.59. The van der Waals surface area contributed by atoms with Gasteiger partial charge in [0.05, 0.1) is 19.1 Å². The van der Waals surface area contributed by atoms with Crippen LogP contribution in [0.5, 0.6) is 0 Å². The number of carboxylic acid groups (broad SMARTS) is 4. The molecule has 0 aromatic heterocycles. The van der Waals surface area contributed by atoms with Crippen molar-refractivity contribution in [1.82, 2.24) is 31.5 Å². The molecule has 1 rings (SSSR count). The predicted octanol–water partition coefficient (Wildman–Crippen LogP) is -4.68. The number of carbonyl (C=O) groups excluding carboxylic acids is 7. The van der Waals surface area contributed by atoms with Gasteiger partial charge >= 0.3 is 23.9 Å². The van der Waals surface area contributed by atoms with E-state index in [9.17, 15) is 68.1 Å². The van der Waals surface area contributed by atoms with Crippen LogP contribution in [0.25, 0.3) is 0 Å². The van der Waals surface area contributed by atoms with Gasteiger partial charge in [-0.05, 0) is 38.0 Å². The van der Waals surface area contributed by atoms with Gasteiger partial charge in [0.2, 0.25) is 41.4 Å². The van der Waals surface area contributed by atoms with Crippen LogP contribution < -0.4 is 38.1 Å². The molecule has 24 heteroatoms. The molecule has 0 unspecified atom stereocenters. The second-order valence-electron chi connectivity index (χ2n) is 13.4. The molecule has 14 N–H and O–H groups in total. The number of aliphatic hydroxyl groups excluding tert-OH is 1.